The van der Waals surface area contributed by atoms with Crippen LogP contribution in [0.1, 0.15) is 26.2 Å². The van der Waals surface area contributed by atoms with Crippen LogP contribution < -0.4 is 15.4 Å². The number of ether oxygens (including phenoxy) is 1. The monoisotopic (exact) mass is 250 g/mol. The standard InChI is InChI=1S/C14H22N2O2/c1-14(17)6-3-8-16(9-7-14)11-4-5-12(15)13(10-11)18-2/h4-5,10,17H,3,6-9,15H2,1-2H3. The SMILES string of the molecule is COc1cc(N2CCCC(C)(O)CC2)ccc1N. The van der Waals surface area contributed by atoms with Crippen molar-refractivity contribution in [1.29, 1.82) is 0 Å². The molecule has 1 heterocycles. The molecular weight excluding hydrogens is 228 g/mol. The van der Waals surface area contributed by atoms with Gasteiger partial charge in [0.05, 0.1) is 18.4 Å². The van der Waals surface area contributed by atoms with Gasteiger partial charge in [0.1, 0.15) is 5.75 Å². The summed E-state index contributed by atoms with van der Waals surface area (Å²) in [6, 6.07) is 5.85. The van der Waals surface area contributed by atoms with Crippen molar-refractivity contribution in [2.75, 3.05) is 30.8 Å². The van der Waals surface area contributed by atoms with Gasteiger partial charge in [-0.3, -0.25) is 0 Å². The first-order valence-corrected chi connectivity index (χ1v) is 6.43. The number of hydrogen-bond donors (Lipinski definition) is 2. The third-order valence-corrected chi connectivity index (χ3v) is 3.65. The van der Waals surface area contributed by atoms with Crippen LogP contribution in [0.15, 0.2) is 18.2 Å². The Morgan fingerprint density at radius 1 is 1.33 bits per heavy atom. The fourth-order valence-corrected chi connectivity index (χ4v) is 2.42. The largest absolute Gasteiger partial charge is 0.495 e. The number of nitrogens with two attached hydrogens (primary N) is 1. The Kier molecular flexibility index (Phi) is 3.66. The summed E-state index contributed by atoms with van der Waals surface area (Å²) >= 11 is 0. The number of aliphatic hydroxyl groups is 1. The lowest BCUT2D eigenvalue weighted by molar-refractivity contribution is 0.0481. The number of anilines is 2. The lowest BCUT2D eigenvalue weighted by atomic mass is 9.98. The van der Waals surface area contributed by atoms with Crippen molar-refractivity contribution in [2.24, 2.45) is 0 Å². The molecule has 0 aromatic heterocycles. The number of benzene rings is 1. The van der Waals surface area contributed by atoms with Gasteiger partial charge in [-0.05, 0) is 38.3 Å². The van der Waals surface area contributed by atoms with Gasteiger partial charge < -0.3 is 20.5 Å². The van der Waals surface area contributed by atoms with Crippen LogP contribution in [-0.4, -0.2) is 30.9 Å². The van der Waals surface area contributed by atoms with E-state index in [1.54, 1.807) is 7.11 Å². The van der Waals surface area contributed by atoms with E-state index in [4.69, 9.17) is 10.5 Å². The lowest BCUT2D eigenvalue weighted by Gasteiger charge is -2.24. The molecule has 1 aromatic carbocycles. The molecule has 4 nitrogen and oxygen atoms in total. The van der Waals surface area contributed by atoms with E-state index in [-0.39, 0.29) is 0 Å². The molecule has 1 atom stereocenters. The van der Waals surface area contributed by atoms with E-state index in [1.165, 1.54) is 0 Å². The van der Waals surface area contributed by atoms with Crippen LogP contribution in [0, 0.1) is 0 Å². The van der Waals surface area contributed by atoms with E-state index in [2.05, 4.69) is 4.90 Å². The molecule has 0 bridgehead atoms. The number of nitrogen functional groups attached to an aromatic ring is 1. The van der Waals surface area contributed by atoms with Crippen molar-refractivity contribution < 1.29 is 9.84 Å². The van der Waals surface area contributed by atoms with Crippen LogP contribution in [0.4, 0.5) is 11.4 Å². The first-order valence-electron chi connectivity index (χ1n) is 6.43. The second-order valence-corrected chi connectivity index (χ2v) is 5.26. The second-order valence-electron chi connectivity index (χ2n) is 5.26. The van der Waals surface area contributed by atoms with Gasteiger partial charge in [-0.25, -0.2) is 0 Å². The van der Waals surface area contributed by atoms with E-state index < -0.39 is 5.60 Å². The molecule has 100 valence electrons. The fraction of sp³-hybridized carbons (Fsp3) is 0.571. The zero-order chi connectivity index (χ0) is 13.2. The minimum Gasteiger partial charge on any atom is -0.495 e. The van der Waals surface area contributed by atoms with Gasteiger partial charge in [0.2, 0.25) is 0 Å². The molecule has 1 aliphatic rings. The minimum absolute atomic E-state index is 0.535. The van der Waals surface area contributed by atoms with Crippen LogP contribution in [0.3, 0.4) is 0 Å². The topological polar surface area (TPSA) is 58.7 Å². The van der Waals surface area contributed by atoms with Crippen molar-refractivity contribution >= 4 is 11.4 Å². The quantitative estimate of drug-likeness (QED) is 0.788. The Morgan fingerprint density at radius 2 is 2.11 bits per heavy atom. The molecule has 18 heavy (non-hydrogen) atoms. The maximum Gasteiger partial charge on any atom is 0.143 e. The van der Waals surface area contributed by atoms with E-state index in [1.807, 2.05) is 25.1 Å². The molecule has 3 N–H and O–H groups in total. The number of hydrogen-bond acceptors (Lipinski definition) is 4. The minimum atomic E-state index is -0.535. The van der Waals surface area contributed by atoms with Gasteiger partial charge in [-0.2, -0.15) is 0 Å². The predicted molar refractivity (Wildman–Crippen MR) is 74.1 cm³/mol. The molecular formula is C14H22N2O2. The van der Waals surface area contributed by atoms with E-state index >= 15 is 0 Å². The first kappa shape index (κ1) is 13.0. The van der Waals surface area contributed by atoms with Gasteiger partial charge >= 0.3 is 0 Å². The van der Waals surface area contributed by atoms with Gasteiger partial charge in [0, 0.05) is 24.8 Å². The molecule has 0 saturated carbocycles. The van der Waals surface area contributed by atoms with Crippen molar-refractivity contribution in [3.63, 3.8) is 0 Å². The fourth-order valence-electron chi connectivity index (χ4n) is 2.42. The Hall–Kier alpha value is -1.42. The summed E-state index contributed by atoms with van der Waals surface area (Å²) in [5, 5.41) is 10.1. The molecule has 1 aromatic rings. The molecule has 0 aliphatic carbocycles. The highest BCUT2D eigenvalue weighted by Gasteiger charge is 2.25. The lowest BCUT2D eigenvalue weighted by Crippen LogP contribution is -2.28. The smallest absolute Gasteiger partial charge is 0.143 e. The molecule has 2 rings (SSSR count). The van der Waals surface area contributed by atoms with E-state index in [9.17, 15) is 5.11 Å². The number of nitrogens with zero attached hydrogens (tertiary/aromatic N) is 1. The van der Waals surface area contributed by atoms with Crippen LogP contribution in [0.2, 0.25) is 0 Å². The molecule has 1 saturated heterocycles. The molecule has 0 radical (unpaired) electrons. The van der Waals surface area contributed by atoms with Gasteiger partial charge in [0.25, 0.3) is 0 Å². The van der Waals surface area contributed by atoms with Gasteiger partial charge in [-0.1, -0.05) is 0 Å². The summed E-state index contributed by atoms with van der Waals surface area (Å²) in [6.07, 6.45) is 2.65. The Bertz CT molecular complexity index is 418. The average molecular weight is 250 g/mol. The molecule has 0 amide bonds. The summed E-state index contributed by atoms with van der Waals surface area (Å²) in [6.45, 7) is 3.74. The van der Waals surface area contributed by atoms with Crippen molar-refractivity contribution in [1.82, 2.24) is 0 Å². The summed E-state index contributed by atoms with van der Waals surface area (Å²) in [7, 11) is 1.63. The highest BCUT2D eigenvalue weighted by atomic mass is 16.5. The van der Waals surface area contributed by atoms with Crippen LogP contribution in [0.5, 0.6) is 5.75 Å². The second kappa shape index (κ2) is 5.06. The molecule has 0 spiro atoms. The van der Waals surface area contributed by atoms with Crippen LogP contribution in [0.25, 0.3) is 0 Å². The summed E-state index contributed by atoms with van der Waals surface area (Å²) in [5.41, 5.74) is 7.05. The Balaban J connectivity index is 2.16. The molecule has 4 heteroatoms. The van der Waals surface area contributed by atoms with Gasteiger partial charge in [0.15, 0.2) is 0 Å². The Labute approximate surface area is 108 Å². The maximum absolute atomic E-state index is 10.1. The highest BCUT2D eigenvalue weighted by Crippen LogP contribution is 2.30. The third kappa shape index (κ3) is 2.88. The molecule has 1 aliphatic heterocycles. The normalized spacial score (nSPS) is 24.7. The summed E-state index contributed by atoms with van der Waals surface area (Å²) in [5.74, 6) is 0.712. The summed E-state index contributed by atoms with van der Waals surface area (Å²) in [4.78, 5) is 2.28. The predicted octanol–water partition coefficient (Wildman–Crippen LogP) is 2.02. The van der Waals surface area contributed by atoms with Crippen molar-refractivity contribution in [2.45, 2.75) is 31.8 Å². The average Bonchev–Trinajstić information content (AvgIpc) is 2.51. The van der Waals surface area contributed by atoms with Gasteiger partial charge in [-0.15, -0.1) is 0 Å². The Morgan fingerprint density at radius 3 is 2.83 bits per heavy atom. The van der Waals surface area contributed by atoms with Crippen LogP contribution in [-0.2, 0) is 0 Å². The maximum atomic E-state index is 10.1. The zero-order valence-electron chi connectivity index (χ0n) is 11.1. The summed E-state index contributed by atoms with van der Waals surface area (Å²) < 4.78 is 5.25. The van der Waals surface area contributed by atoms with Crippen molar-refractivity contribution in [3.05, 3.63) is 18.2 Å². The number of rotatable bonds is 2. The number of methoxy groups -OCH3 is 1. The zero-order valence-corrected chi connectivity index (χ0v) is 11.1. The van der Waals surface area contributed by atoms with E-state index in [0.717, 1.165) is 38.0 Å². The van der Waals surface area contributed by atoms with E-state index in [0.29, 0.717) is 11.4 Å². The highest BCUT2D eigenvalue weighted by molar-refractivity contribution is 5.62. The molecule has 1 fully saturated rings. The molecule has 1 unspecified atom stereocenters. The first-order chi connectivity index (χ1) is 8.52. The third-order valence-electron chi connectivity index (χ3n) is 3.65. The van der Waals surface area contributed by atoms with Crippen molar-refractivity contribution in [3.8, 4) is 5.75 Å². The van der Waals surface area contributed by atoms with Crippen LogP contribution >= 0.6 is 0 Å².